The van der Waals surface area contributed by atoms with Crippen molar-refractivity contribution in [3.8, 4) is 5.75 Å². The highest BCUT2D eigenvalue weighted by atomic mass is 32.3. The van der Waals surface area contributed by atoms with E-state index < -0.39 is 48.9 Å². The van der Waals surface area contributed by atoms with Gasteiger partial charge in [0.2, 0.25) is 20.0 Å². The molecule has 2 amide bonds. The second kappa shape index (κ2) is 8.02. The van der Waals surface area contributed by atoms with Gasteiger partial charge in [-0.3, -0.25) is 19.5 Å². The summed E-state index contributed by atoms with van der Waals surface area (Å²) in [6, 6.07) is 7.89. The Balaban J connectivity index is 2.07. The molecule has 2 heterocycles. The lowest BCUT2D eigenvalue weighted by Crippen LogP contribution is -2.37. The fourth-order valence-electron chi connectivity index (χ4n) is 3.92. The lowest BCUT2D eigenvalue weighted by Gasteiger charge is -2.24. The van der Waals surface area contributed by atoms with Crippen LogP contribution < -0.4 is 8.45 Å². The number of nitrogens with zero attached hydrogens (tertiary/aromatic N) is 3. The maximum absolute atomic E-state index is 13.5. The third kappa shape index (κ3) is 3.76. The smallest absolute Gasteiger partial charge is 0.265 e. The third-order valence-corrected chi connectivity index (χ3v) is 8.35. The average molecular weight is 508 g/mol. The summed E-state index contributed by atoms with van der Waals surface area (Å²) >= 11 is 0. The van der Waals surface area contributed by atoms with E-state index >= 15 is 0 Å². The zero-order valence-electron chi connectivity index (χ0n) is 18.1. The molecule has 1 aromatic heterocycles. The van der Waals surface area contributed by atoms with Crippen LogP contribution in [0.25, 0.3) is 10.9 Å². The number of aromatic nitrogens is 1. The Morgan fingerprint density at radius 1 is 0.971 bits per heavy atom. The molecular formula is C21H18FN3O7S2. The van der Waals surface area contributed by atoms with Crippen molar-refractivity contribution in [2.75, 3.05) is 23.3 Å². The SMILES string of the molecule is COc1c2c(c(N(S(C)(=O)=O)S(C)(=O)=O)c3cccnc13)C(=O)N(Cc1ccc(F)cc1)C2=O. The van der Waals surface area contributed by atoms with Crippen molar-refractivity contribution in [1.82, 2.24) is 9.88 Å². The fraction of sp³-hybridized carbons (Fsp3) is 0.190. The van der Waals surface area contributed by atoms with Crippen LogP contribution in [0.4, 0.5) is 10.1 Å². The molecule has 10 nitrogen and oxygen atoms in total. The molecule has 0 aliphatic carbocycles. The van der Waals surface area contributed by atoms with E-state index in [0.717, 1.165) is 17.0 Å². The van der Waals surface area contributed by atoms with E-state index in [1.807, 2.05) is 0 Å². The van der Waals surface area contributed by atoms with Gasteiger partial charge in [-0.1, -0.05) is 12.1 Å². The number of sulfonamides is 2. The van der Waals surface area contributed by atoms with Crippen molar-refractivity contribution in [3.63, 3.8) is 0 Å². The van der Waals surface area contributed by atoms with Crippen molar-refractivity contribution in [2.24, 2.45) is 0 Å². The maximum atomic E-state index is 13.5. The molecule has 34 heavy (non-hydrogen) atoms. The quantitative estimate of drug-likeness (QED) is 0.463. The van der Waals surface area contributed by atoms with E-state index in [4.69, 9.17) is 4.74 Å². The zero-order valence-corrected chi connectivity index (χ0v) is 19.8. The number of hydrogen-bond acceptors (Lipinski definition) is 8. The summed E-state index contributed by atoms with van der Waals surface area (Å²) in [5, 5.41) is -0.0151. The number of fused-ring (bicyclic) bond motifs is 2. The van der Waals surface area contributed by atoms with Gasteiger partial charge in [0.1, 0.15) is 11.3 Å². The van der Waals surface area contributed by atoms with Gasteiger partial charge in [0.25, 0.3) is 11.8 Å². The topological polar surface area (TPSA) is 131 Å². The predicted octanol–water partition coefficient (Wildman–Crippen LogP) is 1.90. The van der Waals surface area contributed by atoms with Gasteiger partial charge in [0.05, 0.1) is 43.0 Å². The molecule has 0 fully saturated rings. The van der Waals surface area contributed by atoms with Gasteiger partial charge in [-0.2, -0.15) is 3.71 Å². The Labute approximate surface area is 194 Å². The van der Waals surface area contributed by atoms with Crippen LogP contribution >= 0.6 is 0 Å². The Kier molecular flexibility index (Phi) is 5.56. The first-order chi connectivity index (χ1) is 15.9. The van der Waals surface area contributed by atoms with Crippen molar-refractivity contribution in [2.45, 2.75) is 6.54 Å². The minimum absolute atomic E-state index is 0.000771. The van der Waals surface area contributed by atoms with Gasteiger partial charge in [-0.05, 0) is 29.8 Å². The minimum Gasteiger partial charge on any atom is -0.494 e. The van der Waals surface area contributed by atoms with Crippen LogP contribution in [0.5, 0.6) is 5.75 Å². The number of imide groups is 1. The third-order valence-electron chi connectivity index (χ3n) is 5.15. The lowest BCUT2D eigenvalue weighted by atomic mass is 10.0. The van der Waals surface area contributed by atoms with Crippen LogP contribution in [0.3, 0.4) is 0 Å². The van der Waals surface area contributed by atoms with Gasteiger partial charge in [0, 0.05) is 11.6 Å². The van der Waals surface area contributed by atoms with Gasteiger partial charge < -0.3 is 4.74 Å². The van der Waals surface area contributed by atoms with Gasteiger partial charge >= 0.3 is 0 Å². The molecule has 178 valence electrons. The molecule has 0 atom stereocenters. The molecule has 2 aromatic carbocycles. The van der Waals surface area contributed by atoms with Gasteiger partial charge in [-0.15, -0.1) is 0 Å². The van der Waals surface area contributed by atoms with E-state index in [1.54, 1.807) is 0 Å². The normalized spacial score (nSPS) is 13.9. The molecule has 1 aliphatic rings. The molecule has 0 bridgehead atoms. The van der Waals surface area contributed by atoms with Crippen LogP contribution in [0, 0.1) is 5.82 Å². The highest BCUT2D eigenvalue weighted by Crippen LogP contribution is 2.46. The molecule has 13 heteroatoms. The second-order valence-electron chi connectivity index (χ2n) is 7.58. The van der Waals surface area contributed by atoms with Gasteiger partial charge in [-0.25, -0.2) is 21.2 Å². The van der Waals surface area contributed by atoms with E-state index in [1.165, 1.54) is 37.6 Å². The molecule has 0 N–H and O–H groups in total. The zero-order chi connectivity index (χ0) is 25.0. The van der Waals surface area contributed by atoms with Crippen LogP contribution in [-0.4, -0.2) is 58.2 Å². The summed E-state index contributed by atoms with van der Waals surface area (Å²) in [7, 11) is -7.71. The fourth-order valence-corrected chi connectivity index (χ4v) is 6.93. The predicted molar refractivity (Wildman–Crippen MR) is 121 cm³/mol. The lowest BCUT2D eigenvalue weighted by molar-refractivity contribution is 0.0641. The van der Waals surface area contributed by atoms with E-state index in [0.29, 0.717) is 18.1 Å². The van der Waals surface area contributed by atoms with E-state index in [9.17, 15) is 30.8 Å². The summed E-state index contributed by atoms with van der Waals surface area (Å²) < 4.78 is 69.3. The van der Waals surface area contributed by atoms with Crippen LogP contribution in [-0.2, 0) is 26.6 Å². The van der Waals surface area contributed by atoms with Crippen LogP contribution in [0.15, 0.2) is 42.6 Å². The number of anilines is 1. The highest BCUT2D eigenvalue weighted by molar-refractivity contribution is 8.09. The number of carbonyl (C=O) groups is 2. The van der Waals surface area contributed by atoms with Gasteiger partial charge in [0.15, 0.2) is 5.75 Å². The van der Waals surface area contributed by atoms with Crippen LogP contribution in [0.1, 0.15) is 26.3 Å². The molecule has 0 saturated heterocycles. The summed E-state index contributed by atoms with van der Waals surface area (Å²) in [5.41, 5.74) is -0.847. The largest absolute Gasteiger partial charge is 0.494 e. The average Bonchev–Trinajstić information content (AvgIpc) is 2.98. The monoisotopic (exact) mass is 507 g/mol. The van der Waals surface area contributed by atoms with E-state index in [-0.39, 0.29) is 32.5 Å². The number of hydrogen-bond donors (Lipinski definition) is 0. The van der Waals surface area contributed by atoms with Crippen LogP contribution in [0.2, 0.25) is 0 Å². The summed E-state index contributed by atoms with van der Waals surface area (Å²) in [5.74, 6) is -2.38. The first kappa shape index (κ1) is 23.6. The Morgan fingerprint density at radius 3 is 2.12 bits per heavy atom. The Bertz CT molecular complexity index is 1540. The standard InChI is InChI=1S/C21H18FN3O7S2/c1-32-19-16-15(20(26)24(21(16)27)11-12-6-8-13(22)9-7-12)18(14-5-4-10-23-17(14)19)25(33(2,28)29)34(3,30)31/h4-10H,11H2,1-3H3. The Morgan fingerprint density at radius 2 is 1.56 bits per heavy atom. The van der Waals surface area contributed by atoms with E-state index in [2.05, 4.69) is 4.98 Å². The Hall–Kier alpha value is -3.58. The van der Waals surface area contributed by atoms with Crippen molar-refractivity contribution in [3.05, 3.63) is 65.1 Å². The van der Waals surface area contributed by atoms with Crippen molar-refractivity contribution in [1.29, 1.82) is 0 Å². The number of rotatable bonds is 6. The number of ether oxygens (including phenoxy) is 1. The summed E-state index contributed by atoms with van der Waals surface area (Å²) in [6.45, 7) is -0.267. The summed E-state index contributed by atoms with van der Waals surface area (Å²) in [6.07, 6.45) is 2.69. The molecule has 0 saturated carbocycles. The maximum Gasteiger partial charge on any atom is 0.265 e. The molecule has 1 aliphatic heterocycles. The molecule has 0 spiro atoms. The molecular weight excluding hydrogens is 489 g/mol. The number of amides is 2. The summed E-state index contributed by atoms with van der Waals surface area (Å²) in [4.78, 5) is 31.9. The number of methoxy groups -OCH3 is 1. The number of benzene rings is 2. The first-order valence-corrected chi connectivity index (χ1v) is 13.4. The number of pyridine rings is 1. The van der Waals surface area contributed by atoms with Crippen molar-refractivity contribution < 1.29 is 35.6 Å². The number of carbonyl (C=O) groups excluding carboxylic acids is 2. The second-order valence-corrected chi connectivity index (χ2v) is 11.5. The minimum atomic E-state index is -4.48. The molecule has 0 radical (unpaired) electrons. The molecule has 0 unspecified atom stereocenters. The molecule has 3 aromatic rings. The number of halogens is 1. The first-order valence-electron chi connectivity index (χ1n) is 9.66. The molecule has 4 rings (SSSR count). The highest BCUT2D eigenvalue weighted by Gasteiger charge is 2.46. The van der Waals surface area contributed by atoms with Crippen molar-refractivity contribution >= 4 is 48.5 Å².